The van der Waals surface area contributed by atoms with Gasteiger partial charge in [0.1, 0.15) is 12.4 Å². The van der Waals surface area contributed by atoms with Crippen LogP contribution in [0.3, 0.4) is 0 Å². The summed E-state index contributed by atoms with van der Waals surface area (Å²) in [6, 6.07) is 13.6. The van der Waals surface area contributed by atoms with Crippen LogP contribution in [0.4, 0.5) is 11.5 Å². The molecule has 3 aromatic heterocycles. The van der Waals surface area contributed by atoms with Crippen molar-refractivity contribution >= 4 is 34.0 Å². The Hall–Kier alpha value is -3.09. The number of nitrogens with one attached hydrogen (secondary N) is 1. The Morgan fingerprint density at radius 2 is 1.88 bits per heavy atom. The minimum absolute atomic E-state index is 0.00600. The molecule has 0 saturated heterocycles. The average Bonchev–Trinajstić information content (AvgIpc) is 2.77. The zero-order valence-corrected chi connectivity index (χ0v) is 19.4. The van der Waals surface area contributed by atoms with Crippen molar-refractivity contribution in [1.82, 2.24) is 19.9 Å². The Balaban J connectivity index is 1.75. The first-order valence-corrected chi connectivity index (χ1v) is 11.0. The summed E-state index contributed by atoms with van der Waals surface area (Å²) in [4.78, 5) is 18.5. The van der Waals surface area contributed by atoms with Crippen LogP contribution in [0, 0.1) is 0 Å². The van der Waals surface area contributed by atoms with Crippen LogP contribution >= 0.6 is 11.6 Å². The van der Waals surface area contributed by atoms with E-state index < -0.39 is 0 Å². The molecule has 0 atom stereocenters. The number of hydrogen-bond donors (Lipinski definition) is 1. The number of aromatic nitrogens is 4. The summed E-state index contributed by atoms with van der Waals surface area (Å²) in [6.07, 6.45) is 3.56. The van der Waals surface area contributed by atoms with Crippen LogP contribution in [0.25, 0.3) is 22.2 Å². The second-order valence-corrected chi connectivity index (χ2v) is 8.91. The van der Waals surface area contributed by atoms with E-state index in [-0.39, 0.29) is 5.41 Å². The zero-order chi connectivity index (χ0) is 22.7. The largest absolute Gasteiger partial charge is 0.374 e. The maximum absolute atomic E-state index is 6.36. The standard InChI is InChI=1S/C25H26ClN5O/c1-5-32-15-22-30-20-13-16(23-19(26)7-6-12-27-23)8-10-18(20)24(31-22)29-17-9-11-21(28-14-17)25(2,3)4/h6-14H,5,15H2,1-4H3,(H,29,30,31). The molecule has 0 radical (unpaired) electrons. The fourth-order valence-corrected chi connectivity index (χ4v) is 3.56. The fraction of sp³-hybridized carbons (Fsp3) is 0.280. The van der Waals surface area contributed by atoms with Gasteiger partial charge in [-0.3, -0.25) is 9.97 Å². The van der Waals surface area contributed by atoms with E-state index in [4.69, 9.17) is 26.3 Å². The SMILES string of the molecule is CCOCc1nc(Nc2ccc(C(C)(C)C)nc2)c2ccc(-c3ncccc3Cl)cc2n1. The van der Waals surface area contributed by atoms with Crippen LogP contribution in [0.5, 0.6) is 0 Å². The topological polar surface area (TPSA) is 72.8 Å². The molecule has 0 fully saturated rings. The second kappa shape index (κ2) is 9.18. The van der Waals surface area contributed by atoms with Crippen LogP contribution < -0.4 is 5.32 Å². The van der Waals surface area contributed by atoms with Gasteiger partial charge in [0.25, 0.3) is 0 Å². The van der Waals surface area contributed by atoms with Gasteiger partial charge in [0.05, 0.1) is 28.1 Å². The van der Waals surface area contributed by atoms with Crippen molar-refractivity contribution in [3.63, 3.8) is 0 Å². The third-order valence-electron chi connectivity index (χ3n) is 5.01. The second-order valence-electron chi connectivity index (χ2n) is 8.50. The van der Waals surface area contributed by atoms with E-state index in [9.17, 15) is 0 Å². The highest BCUT2D eigenvalue weighted by atomic mass is 35.5. The van der Waals surface area contributed by atoms with Gasteiger partial charge in [-0.25, -0.2) is 9.97 Å². The van der Waals surface area contributed by atoms with E-state index in [1.807, 2.05) is 55.6 Å². The van der Waals surface area contributed by atoms with Gasteiger partial charge in [-0.1, -0.05) is 38.4 Å². The van der Waals surface area contributed by atoms with Gasteiger partial charge in [-0.05, 0) is 43.3 Å². The third-order valence-corrected chi connectivity index (χ3v) is 5.31. The summed E-state index contributed by atoms with van der Waals surface area (Å²) in [6.45, 7) is 9.30. The molecule has 3 heterocycles. The first-order valence-electron chi connectivity index (χ1n) is 10.6. The Morgan fingerprint density at radius 3 is 2.56 bits per heavy atom. The predicted octanol–water partition coefficient (Wildman–Crippen LogP) is 6.32. The summed E-state index contributed by atoms with van der Waals surface area (Å²) in [5.74, 6) is 1.30. The molecule has 164 valence electrons. The van der Waals surface area contributed by atoms with Gasteiger partial charge < -0.3 is 10.1 Å². The number of hydrogen-bond acceptors (Lipinski definition) is 6. The monoisotopic (exact) mass is 447 g/mol. The maximum Gasteiger partial charge on any atom is 0.157 e. The Kier molecular flexibility index (Phi) is 6.35. The maximum atomic E-state index is 6.36. The van der Waals surface area contributed by atoms with Crippen LogP contribution in [0.1, 0.15) is 39.2 Å². The summed E-state index contributed by atoms with van der Waals surface area (Å²) in [7, 11) is 0. The average molecular weight is 448 g/mol. The van der Waals surface area contributed by atoms with Crippen molar-refractivity contribution < 1.29 is 4.74 Å². The summed E-state index contributed by atoms with van der Waals surface area (Å²) in [5, 5.41) is 4.89. The molecule has 4 aromatic rings. The number of nitrogens with zero attached hydrogens (tertiary/aromatic N) is 4. The van der Waals surface area contributed by atoms with Crippen molar-refractivity contribution in [3.8, 4) is 11.3 Å². The van der Waals surface area contributed by atoms with E-state index in [0.717, 1.165) is 33.5 Å². The first-order chi connectivity index (χ1) is 15.3. The molecule has 4 rings (SSSR count). The number of ether oxygens (including phenoxy) is 1. The van der Waals surface area contributed by atoms with E-state index in [0.29, 0.717) is 29.9 Å². The Labute approximate surface area is 193 Å². The van der Waals surface area contributed by atoms with E-state index in [1.54, 1.807) is 6.20 Å². The first kappa shape index (κ1) is 22.1. The molecule has 0 bridgehead atoms. The van der Waals surface area contributed by atoms with Gasteiger partial charge in [0.2, 0.25) is 0 Å². The van der Waals surface area contributed by atoms with Gasteiger partial charge in [-0.15, -0.1) is 0 Å². The summed E-state index contributed by atoms with van der Waals surface area (Å²) >= 11 is 6.36. The smallest absolute Gasteiger partial charge is 0.157 e. The number of rotatable bonds is 6. The fourth-order valence-electron chi connectivity index (χ4n) is 3.32. The number of benzene rings is 1. The van der Waals surface area contributed by atoms with E-state index in [2.05, 4.69) is 36.1 Å². The van der Waals surface area contributed by atoms with Crippen LogP contribution in [0.15, 0.2) is 54.9 Å². The van der Waals surface area contributed by atoms with Gasteiger partial charge in [0.15, 0.2) is 5.82 Å². The van der Waals surface area contributed by atoms with Gasteiger partial charge in [-0.2, -0.15) is 0 Å². The highest BCUT2D eigenvalue weighted by Crippen LogP contribution is 2.31. The molecule has 7 heteroatoms. The predicted molar refractivity (Wildman–Crippen MR) is 129 cm³/mol. The number of pyridine rings is 2. The highest BCUT2D eigenvalue weighted by Gasteiger charge is 2.16. The number of anilines is 2. The zero-order valence-electron chi connectivity index (χ0n) is 18.7. The lowest BCUT2D eigenvalue weighted by atomic mass is 9.92. The number of fused-ring (bicyclic) bond motifs is 1. The Morgan fingerprint density at radius 1 is 1.03 bits per heavy atom. The molecular weight excluding hydrogens is 422 g/mol. The molecule has 6 nitrogen and oxygen atoms in total. The lowest BCUT2D eigenvalue weighted by Crippen LogP contribution is -2.13. The molecule has 0 amide bonds. The normalized spacial score (nSPS) is 11.7. The van der Waals surface area contributed by atoms with Crippen LogP contribution in [-0.4, -0.2) is 26.5 Å². The molecular formula is C25H26ClN5O. The van der Waals surface area contributed by atoms with Crippen LogP contribution in [0.2, 0.25) is 5.02 Å². The Bertz CT molecular complexity index is 1240. The molecule has 1 N–H and O–H groups in total. The number of halogens is 1. The highest BCUT2D eigenvalue weighted by molar-refractivity contribution is 6.33. The van der Waals surface area contributed by atoms with Crippen molar-refractivity contribution in [2.24, 2.45) is 0 Å². The minimum Gasteiger partial charge on any atom is -0.374 e. The molecule has 1 aromatic carbocycles. The molecule has 0 saturated carbocycles. The van der Waals surface area contributed by atoms with Crippen molar-refractivity contribution in [1.29, 1.82) is 0 Å². The lowest BCUT2D eigenvalue weighted by Gasteiger charge is -2.18. The van der Waals surface area contributed by atoms with E-state index >= 15 is 0 Å². The van der Waals surface area contributed by atoms with Gasteiger partial charge >= 0.3 is 0 Å². The molecule has 0 aliphatic rings. The summed E-state index contributed by atoms with van der Waals surface area (Å²) in [5.41, 5.74) is 4.29. The molecule has 32 heavy (non-hydrogen) atoms. The van der Waals surface area contributed by atoms with Crippen LogP contribution in [-0.2, 0) is 16.8 Å². The van der Waals surface area contributed by atoms with Crippen molar-refractivity contribution in [3.05, 3.63) is 71.4 Å². The molecule has 0 unspecified atom stereocenters. The molecule has 0 spiro atoms. The van der Waals surface area contributed by atoms with Crippen molar-refractivity contribution in [2.45, 2.75) is 39.7 Å². The molecule has 0 aliphatic heterocycles. The minimum atomic E-state index is -0.00600. The molecule has 0 aliphatic carbocycles. The van der Waals surface area contributed by atoms with Crippen molar-refractivity contribution in [2.75, 3.05) is 11.9 Å². The van der Waals surface area contributed by atoms with Gasteiger partial charge in [0, 0.05) is 34.9 Å². The third kappa shape index (κ3) is 4.87. The lowest BCUT2D eigenvalue weighted by molar-refractivity contribution is 0.128. The van der Waals surface area contributed by atoms with E-state index in [1.165, 1.54) is 0 Å². The summed E-state index contributed by atoms with van der Waals surface area (Å²) < 4.78 is 5.56. The quantitative estimate of drug-likeness (QED) is 0.373.